The smallest absolute Gasteiger partial charge is 0.360 e. The lowest BCUT2D eigenvalue weighted by molar-refractivity contribution is -0.252. The Hall–Kier alpha value is -0.710. The molecule has 78 valence electrons. The predicted molar refractivity (Wildman–Crippen MR) is 50.3 cm³/mol. The first-order valence-corrected chi connectivity index (χ1v) is 4.96. The Labute approximate surface area is 83.1 Å². The van der Waals surface area contributed by atoms with Crippen LogP contribution < -0.4 is 4.74 Å². The van der Waals surface area contributed by atoms with Gasteiger partial charge < -0.3 is 14.2 Å². The summed E-state index contributed by atoms with van der Waals surface area (Å²) in [4.78, 5) is 13.3. The number of benzene rings is 1. The number of hydrogen-bond acceptors (Lipinski definition) is 5. The average Bonchev–Trinajstić information content (AvgIpc) is 2.25. The summed E-state index contributed by atoms with van der Waals surface area (Å²) in [6.45, 7) is -0.104. The van der Waals surface area contributed by atoms with Crippen LogP contribution in [0.25, 0.3) is 0 Å². The highest BCUT2D eigenvalue weighted by atomic mass is 31.2. The van der Waals surface area contributed by atoms with Crippen LogP contribution in [0, 0.1) is 0 Å². The maximum atomic E-state index is 8.79. The fourth-order valence-electron chi connectivity index (χ4n) is 0.706. The number of hydrogen-bond donors (Lipinski definition) is 1. The van der Waals surface area contributed by atoms with Gasteiger partial charge in [-0.1, -0.05) is 18.2 Å². The lowest BCUT2D eigenvalue weighted by Crippen LogP contribution is -2.01. The molecule has 0 saturated heterocycles. The van der Waals surface area contributed by atoms with E-state index in [-0.39, 0.29) is 6.79 Å². The van der Waals surface area contributed by atoms with E-state index in [1.165, 1.54) is 7.11 Å². The van der Waals surface area contributed by atoms with Crippen molar-refractivity contribution >= 4 is 8.60 Å². The van der Waals surface area contributed by atoms with E-state index in [0.29, 0.717) is 5.75 Å². The van der Waals surface area contributed by atoms with Crippen LogP contribution in [-0.2, 0) is 14.1 Å². The molecule has 6 heteroatoms. The first-order chi connectivity index (χ1) is 6.83. The zero-order valence-corrected chi connectivity index (χ0v) is 8.52. The molecule has 0 aromatic heterocycles. The lowest BCUT2D eigenvalue weighted by atomic mass is 10.3. The standard InChI is InChI=1S/C8H11O5P/c1-10-14(9)13-12-7-11-8-5-3-2-4-6-8/h2-6,9H,7H2,1H3. The number of ether oxygens (including phenoxy) is 1. The molecule has 0 saturated carbocycles. The maximum Gasteiger partial charge on any atom is 0.360 e. The second-order valence-corrected chi connectivity index (χ2v) is 3.18. The second kappa shape index (κ2) is 6.70. The van der Waals surface area contributed by atoms with E-state index < -0.39 is 8.60 Å². The maximum absolute atomic E-state index is 8.79. The van der Waals surface area contributed by atoms with Crippen molar-refractivity contribution in [3.8, 4) is 5.75 Å². The third kappa shape index (κ3) is 4.50. The quantitative estimate of drug-likeness (QED) is 0.259. The molecule has 0 aliphatic carbocycles. The first-order valence-electron chi connectivity index (χ1n) is 3.83. The molecular formula is C8H11O5P. The minimum Gasteiger partial charge on any atom is -0.465 e. The van der Waals surface area contributed by atoms with Crippen molar-refractivity contribution in [2.75, 3.05) is 13.9 Å². The molecule has 1 rings (SSSR count). The Morgan fingerprint density at radius 1 is 1.29 bits per heavy atom. The van der Waals surface area contributed by atoms with Crippen molar-refractivity contribution in [1.29, 1.82) is 0 Å². The van der Waals surface area contributed by atoms with Gasteiger partial charge in [0.05, 0.1) is 0 Å². The summed E-state index contributed by atoms with van der Waals surface area (Å²) in [5.74, 6) is 0.663. The summed E-state index contributed by atoms with van der Waals surface area (Å²) in [5, 5.41) is 0. The van der Waals surface area contributed by atoms with Gasteiger partial charge in [-0.2, -0.15) is 4.89 Å². The highest BCUT2D eigenvalue weighted by Gasteiger charge is 2.03. The summed E-state index contributed by atoms with van der Waals surface area (Å²) in [7, 11) is -0.648. The fraction of sp³-hybridized carbons (Fsp3) is 0.250. The summed E-state index contributed by atoms with van der Waals surface area (Å²) >= 11 is 0. The molecule has 0 aliphatic heterocycles. The van der Waals surface area contributed by atoms with E-state index in [2.05, 4.69) is 14.1 Å². The Kier molecular flexibility index (Phi) is 5.44. The van der Waals surface area contributed by atoms with Gasteiger partial charge in [0.25, 0.3) is 0 Å². The van der Waals surface area contributed by atoms with Gasteiger partial charge in [0, 0.05) is 7.11 Å². The van der Waals surface area contributed by atoms with Crippen LogP contribution >= 0.6 is 8.60 Å². The summed E-state index contributed by atoms with van der Waals surface area (Å²) in [6.07, 6.45) is 0. The van der Waals surface area contributed by atoms with Crippen LogP contribution in [0.2, 0.25) is 0 Å². The minimum absolute atomic E-state index is 0.104. The normalized spacial score (nSPS) is 12.4. The van der Waals surface area contributed by atoms with Crippen LogP contribution in [0.15, 0.2) is 30.3 Å². The molecule has 1 N–H and O–H groups in total. The number of para-hydroxylation sites is 1. The molecule has 1 atom stereocenters. The molecule has 0 bridgehead atoms. The molecule has 0 radical (unpaired) electrons. The van der Waals surface area contributed by atoms with Gasteiger partial charge in [-0.3, -0.25) is 0 Å². The Morgan fingerprint density at radius 2 is 2.00 bits per heavy atom. The minimum atomic E-state index is -1.96. The topological polar surface area (TPSA) is 57.2 Å². The molecule has 0 aliphatic rings. The van der Waals surface area contributed by atoms with E-state index in [1.807, 2.05) is 18.2 Å². The Bertz CT molecular complexity index is 243. The monoisotopic (exact) mass is 218 g/mol. The summed E-state index contributed by atoms with van der Waals surface area (Å²) < 4.78 is 13.9. The molecule has 1 aromatic rings. The molecule has 1 unspecified atom stereocenters. The highest BCUT2D eigenvalue weighted by Crippen LogP contribution is 2.30. The van der Waals surface area contributed by atoms with E-state index >= 15 is 0 Å². The Morgan fingerprint density at radius 3 is 2.64 bits per heavy atom. The molecule has 14 heavy (non-hydrogen) atoms. The summed E-state index contributed by atoms with van der Waals surface area (Å²) in [5.41, 5.74) is 0. The van der Waals surface area contributed by atoms with Gasteiger partial charge in [-0.15, -0.1) is 4.67 Å². The van der Waals surface area contributed by atoms with Gasteiger partial charge >= 0.3 is 8.60 Å². The molecule has 0 heterocycles. The zero-order valence-electron chi connectivity index (χ0n) is 7.62. The van der Waals surface area contributed by atoms with E-state index in [0.717, 1.165) is 0 Å². The second-order valence-electron chi connectivity index (χ2n) is 2.19. The summed E-state index contributed by atoms with van der Waals surface area (Å²) in [6, 6.07) is 9.11. The Balaban J connectivity index is 2.10. The SMILES string of the molecule is COP(O)OOCOc1ccccc1. The fourth-order valence-corrected chi connectivity index (χ4v) is 0.900. The average molecular weight is 218 g/mol. The molecule has 1 aromatic carbocycles. The van der Waals surface area contributed by atoms with Crippen LogP contribution in [0.1, 0.15) is 0 Å². The lowest BCUT2D eigenvalue weighted by Gasteiger charge is -2.07. The van der Waals surface area contributed by atoms with Crippen molar-refractivity contribution in [1.82, 2.24) is 0 Å². The van der Waals surface area contributed by atoms with Gasteiger partial charge in [-0.05, 0) is 12.1 Å². The van der Waals surface area contributed by atoms with Gasteiger partial charge in [-0.25, -0.2) is 0 Å². The van der Waals surface area contributed by atoms with Crippen molar-refractivity contribution < 1.29 is 23.7 Å². The number of rotatable bonds is 6. The van der Waals surface area contributed by atoms with Crippen LogP contribution in [0.5, 0.6) is 5.75 Å². The predicted octanol–water partition coefficient (Wildman–Crippen LogP) is 1.84. The van der Waals surface area contributed by atoms with Gasteiger partial charge in [0.15, 0.2) is 0 Å². The highest BCUT2D eigenvalue weighted by molar-refractivity contribution is 7.40. The molecule has 0 fully saturated rings. The molecule has 5 nitrogen and oxygen atoms in total. The third-order valence-corrected chi connectivity index (χ3v) is 1.83. The van der Waals surface area contributed by atoms with E-state index in [4.69, 9.17) is 9.63 Å². The van der Waals surface area contributed by atoms with Crippen LogP contribution in [0.4, 0.5) is 0 Å². The van der Waals surface area contributed by atoms with Crippen LogP contribution in [-0.4, -0.2) is 18.8 Å². The van der Waals surface area contributed by atoms with E-state index in [1.54, 1.807) is 12.1 Å². The molecular weight excluding hydrogens is 207 g/mol. The van der Waals surface area contributed by atoms with Gasteiger partial charge in [0.1, 0.15) is 5.75 Å². The first kappa shape index (κ1) is 11.4. The van der Waals surface area contributed by atoms with Crippen molar-refractivity contribution in [2.24, 2.45) is 0 Å². The van der Waals surface area contributed by atoms with Crippen molar-refractivity contribution in [3.63, 3.8) is 0 Å². The van der Waals surface area contributed by atoms with Gasteiger partial charge in [0.2, 0.25) is 6.79 Å². The van der Waals surface area contributed by atoms with E-state index in [9.17, 15) is 0 Å². The molecule has 0 amide bonds. The largest absolute Gasteiger partial charge is 0.465 e. The zero-order chi connectivity index (χ0) is 10.2. The molecule has 0 spiro atoms. The third-order valence-electron chi connectivity index (χ3n) is 1.29. The van der Waals surface area contributed by atoms with Crippen LogP contribution in [0.3, 0.4) is 0 Å². The van der Waals surface area contributed by atoms with Crippen molar-refractivity contribution in [3.05, 3.63) is 30.3 Å². The van der Waals surface area contributed by atoms with Crippen molar-refractivity contribution in [2.45, 2.75) is 0 Å².